The average Bonchev–Trinajstić information content (AvgIpc) is 2.91. The maximum atomic E-state index is 10.9. The number of nitrogens with zero attached hydrogens (tertiary/aromatic N) is 2. The Morgan fingerprint density at radius 2 is 1.94 bits per heavy atom. The van der Waals surface area contributed by atoms with Crippen molar-refractivity contribution in [1.29, 1.82) is 0 Å². The third-order valence-corrected chi connectivity index (χ3v) is 3.09. The SMILES string of the molecule is O=CC1=Nc2ccccc2C(n2cccc2)C1. The topological polar surface area (TPSA) is 34.4 Å². The molecule has 1 aliphatic rings. The van der Waals surface area contributed by atoms with Gasteiger partial charge >= 0.3 is 0 Å². The highest BCUT2D eigenvalue weighted by Crippen LogP contribution is 2.34. The summed E-state index contributed by atoms with van der Waals surface area (Å²) >= 11 is 0. The highest BCUT2D eigenvalue weighted by molar-refractivity contribution is 6.29. The van der Waals surface area contributed by atoms with E-state index in [0.717, 1.165) is 12.0 Å². The zero-order valence-electron chi connectivity index (χ0n) is 9.28. The minimum absolute atomic E-state index is 0.180. The molecule has 1 atom stereocenters. The summed E-state index contributed by atoms with van der Waals surface area (Å²) in [7, 11) is 0. The van der Waals surface area contributed by atoms with Crippen molar-refractivity contribution in [3.8, 4) is 0 Å². The van der Waals surface area contributed by atoms with Crippen LogP contribution in [0.3, 0.4) is 0 Å². The first kappa shape index (κ1) is 10.0. The van der Waals surface area contributed by atoms with Crippen molar-refractivity contribution in [2.24, 2.45) is 4.99 Å². The van der Waals surface area contributed by atoms with Crippen LogP contribution in [0.1, 0.15) is 18.0 Å². The van der Waals surface area contributed by atoms with Crippen LogP contribution in [0, 0.1) is 0 Å². The van der Waals surface area contributed by atoms with Gasteiger partial charge in [0.2, 0.25) is 0 Å². The lowest BCUT2D eigenvalue weighted by atomic mass is 9.96. The second-order valence-corrected chi connectivity index (χ2v) is 4.13. The molecule has 1 aliphatic heterocycles. The standard InChI is InChI=1S/C14H12N2O/c17-10-11-9-14(16-7-3-4-8-16)12-5-1-2-6-13(12)15-11/h1-8,10,14H,9H2. The van der Waals surface area contributed by atoms with E-state index in [1.165, 1.54) is 5.56 Å². The summed E-state index contributed by atoms with van der Waals surface area (Å²) in [6, 6.07) is 12.2. The van der Waals surface area contributed by atoms with Gasteiger partial charge in [-0.2, -0.15) is 0 Å². The van der Waals surface area contributed by atoms with Crippen LogP contribution in [0.4, 0.5) is 5.69 Å². The molecule has 0 bridgehead atoms. The summed E-state index contributed by atoms with van der Waals surface area (Å²) in [5, 5.41) is 0. The van der Waals surface area contributed by atoms with Crippen molar-refractivity contribution in [1.82, 2.24) is 4.57 Å². The van der Waals surface area contributed by atoms with Crippen molar-refractivity contribution in [3.63, 3.8) is 0 Å². The fraction of sp³-hybridized carbons (Fsp3) is 0.143. The molecule has 0 saturated carbocycles. The number of fused-ring (bicyclic) bond motifs is 1. The molecule has 84 valence electrons. The van der Waals surface area contributed by atoms with Gasteiger partial charge in [0.1, 0.15) is 0 Å². The first-order valence-corrected chi connectivity index (χ1v) is 5.62. The van der Waals surface area contributed by atoms with Crippen LogP contribution in [-0.4, -0.2) is 16.6 Å². The molecule has 1 unspecified atom stereocenters. The van der Waals surface area contributed by atoms with E-state index >= 15 is 0 Å². The van der Waals surface area contributed by atoms with E-state index in [-0.39, 0.29) is 6.04 Å². The molecule has 17 heavy (non-hydrogen) atoms. The molecule has 0 radical (unpaired) electrons. The van der Waals surface area contributed by atoms with E-state index in [1.807, 2.05) is 42.7 Å². The number of rotatable bonds is 2. The second-order valence-electron chi connectivity index (χ2n) is 4.13. The Labute approximate surface area is 99.4 Å². The Balaban J connectivity index is 2.13. The summed E-state index contributed by atoms with van der Waals surface area (Å²) in [6.45, 7) is 0. The fourth-order valence-electron chi connectivity index (χ4n) is 2.28. The molecule has 0 N–H and O–H groups in total. The minimum Gasteiger partial charge on any atom is -0.346 e. The number of carbonyl (C=O) groups excluding carboxylic acids is 1. The quantitative estimate of drug-likeness (QED) is 0.722. The third kappa shape index (κ3) is 1.69. The van der Waals surface area contributed by atoms with E-state index in [1.54, 1.807) is 0 Å². The number of aldehydes is 1. The normalized spacial score (nSPS) is 18.4. The zero-order valence-corrected chi connectivity index (χ0v) is 9.28. The van der Waals surface area contributed by atoms with Crippen LogP contribution in [0.5, 0.6) is 0 Å². The molecule has 0 fully saturated rings. The maximum absolute atomic E-state index is 10.9. The van der Waals surface area contributed by atoms with Crippen LogP contribution in [-0.2, 0) is 4.79 Å². The van der Waals surface area contributed by atoms with Crippen LogP contribution in [0.2, 0.25) is 0 Å². The number of para-hydroxylation sites is 1. The van der Waals surface area contributed by atoms with Gasteiger partial charge < -0.3 is 4.57 Å². The summed E-state index contributed by atoms with van der Waals surface area (Å²) in [5.41, 5.74) is 2.69. The molecule has 1 aromatic carbocycles. The number of aromatic nitrogens is 1. The molecule has 0 saturated heterocycles. The summed E-state index contributed by atoms with van der Waals surface area (Å²) in [5.74, 6) is 0. The largest absolute Gasteiger partial charge is 0.346 e. The second kappa shape index (κ2) is 4.01. The predicted octanol–water partition coefficient (Wildman–Crippen LogP) is 2.75. The summed E-state index contributed by atoms with van der Waals surface area (Å²) in [4.78, 5) is 15.3. The maximum Gasteiger partial charge on any atom is 0.164 e. The fourth-order valence-corrected chi connectivity index (χ4v) is 2.28. The molecule has 3 rings (SSSR count). The Kier molecular flexibility index (Phi) is 2.37. The molecule has 0 aliphatic carbocycles. The molecule has 3 nitrogen and oxygen atoms in total. The lowest BCUT2D eigenvalue weighted by molar-refractivity contribution is -0.102. The lowest BCUT2D eigenvalue weighted by Crippen LogP contribution is -2.18. The van der Waals surface area contributed by atoms with Gasteiger partial charge in [-0.05, 0) is 18.2 Å². The molecule has 0 spiro atoms. The van der Waals surface area contributed by atoms with Crippen LogP contribution in [0.15, 0.2) is 53.8 Å². The van der Waals surface area contributed by atoms with Crippen molar-refractivity contribution in [2.45, 2.75) is 12.5 Å². The minimum atomic E-state index is 0.180. The van der Waals surface area contributed by atoms with E-state index < -0.39 is 0 Å². The van der Waals surface area contributed by atoms with Gasteiger partial charge in [-0.1, -0.05) is 18.2 Å². The molecule has 1 aromatic heterocycles. The average molecular weight is 224 g/mol. The van der Waals surface area contributed by atoms with Crippen molar-refractivity contribution in [2.75, 3.05) is 0 Å². The van der Waals surface area contributed by atoms with E-state index in [2.05, 4.69) is 15.6 Å². The molecule has 2 heterocycles. The number of hydrogen-bond acceptors (Lipinski definition) is 2. The Morgan fingerprint density at radius 3 is 2.71 bits per heavy atom. The predicted molar refractivity (Wildman–Crippen MR) is 66.8 cm³/mol. The summed E-state index contributed by atoms with van der Waals surface area (Å²) in [6.07, 6.45) is 5.56. The van der Waals surface area contributed by atoms with Gasteiger partial charge in [-0.25, -0.2) is 4.99 Å². The highest BCUT2D eigenvalue weighted by atomic mass is 16.1. The first-order valence-electron chi connectivity index (χ1n) is 5.62. The summed E-state index contributed by atoms with van der Waals surface area (Å²) < 4.78 is 2.12. The first-order chi connectivity index (χ1) is 8.38. The van der Waals surface area contributed by atoms with Gasteiger partial charge in [0.05, 0.1) is 17.4 Å². The molecular formula is C14H12N2O. The molecule has 0 amide bonds. The van der Waals surface area contributed by atoms with Gasteiger partial charge in [-0.3, -0.25) is 4.79 Å². The number of aliphatic imine (C=N–C) groups is 1. The van der Waals surface area contributed by atoms with Gasteiger partial charge in [0, 0.05) is 24.4 Å². The van der Waals surface area contributed by atoms with Gasteiger partial charge in [0.25, 0.3) is 0 Å². The third-order valence-electron chi connectivity index (χ3n) is 3.09. The Morgan fingerprint density at radius 1 is 1.18 bits per heavy atom. The zero-order chi connectivity index (χ0) is 11.7. The van der Waals surface area contributed by atoms with Crippen molar-refractivity contribution >= 4 is 17.7 Å². The Hall–Kier alpha value is -2.16. The molecule has 2 aromatic rings. The van der Waals surface area contributed by atoms with Crippen LogP contribution >= 0.6 is 0 Å². The van der Waals surface area contributed by atoms with E-state index in [0.29, 0.717) is 12.1 Å². The van der Waals surface area contributed by atoms with Crippen LogP contribution < -0.4 is 0 Å². The lowest BCUT2D eigenvalue weighted by Gasteiger charge is -2.24. The van der Waals surface area contributed by atoms with E-state index in [9.17, 15) is 4.79 Å². The molecule has 3 heteroatoms. The van der Waals surface area contributed by atoms with E-state index in [4.69, 9.17) is 0 Å². The molecular weight excluding hydrogens is 212 g/mol. The van der Waals surface area contributed by atoms with Crippen molar-refractivity contribution < 1.29 is 4.79 Å². The van der Waals surface area contributed by atoms with Gasteiger partial charge in [-0.15, -0.1) is 0 Å². The smallest absolute Gasteiger partial charge is 0.164 e. The van der Waals surface area contributed by atoms with Crippen LogP contribution in [0.25, 0.3) is 0 Å². The van der Waals surface area contributed by atoms with Crippen molar-refractivity contribution in [3.05, 3.63) is 54.4 Å². The highest BCUT2D eigenvalue weighted by Gasteiger charge is 2.22. The number of benzene rings is 1. The Bertz CT molecular complexity index is 570. The monoisotopic (exact) mass is 224 g/mol. The van der Waals surface area contributed by atoms with Gasteiger partial charge in [0.15, 0.2) is 6.29 Å². The number of carbonyl (C=O) groups is 1. The number of hydrogen-bond donors (Lipinski definition) is 0.